The third-order valence-corrected chi connectivity index (χ3v) is 3.76. The van der Waals surface area contributed by atoms with Crippen molar-refractivity contribution in [2.75, 3.05) is 11.5 Å². The van der Waals surface area contributed by atoms with Crippen LogP contribution in [0.2, 0.25) is 0 Å². The van der Waals surface area contributed by atoms with E-state index in [4.69, 9.17) is 11.5 Å². The van der Waals surface area contributed by atoms with Gasteiger partial charge in [0.1, 0.15) is 16.9 Å². The van der Waals surface area contributed by atoms with Crippen molar-refractivity contribution in [2.45, 2.75) is 13.8 Å². The molecule has 10 nitrogen and oxygen atoms in total. The molecule has 0 fully saturated rings. The maximum atomic E-state index is 12.1. The molecule has 2 aromatic carbocycles. The molecule has 0 saturated heterocycles. The number of rotatable bonds is 5. The number of nitrogens with zero attached hydrogens (tertiary/aromatic N) is 2. The molecule has 0 unspecified atom stereocenters. The number of Topliss-reactive ketones (excluding diaryl/α,β-unsaturated/α-hetero) is 2. The van der Waals surface area contributed by atoms with Crippen LogP contribution in [-0.2, 0) is 0 Å². The van der Waals surface area contributed by atoms with Crippen LogP contribution in [0, 0.1) is 20.2 Å². The highest BCUT2D eigenvalue weighted by Crippen LogP contribution is 2.40. The highest BCUT2D eigenvalue weighted by atomic mass is 16.6. The van der Waals surface area contributed by atoms with E-state index in [-0.39, 0.29) is 33.6 Å². The number of nitro benzene ring substituents is 2. The molecule has 0 aromatic heterocycles. The molecule has 0 saturated carbocycles. The summed E-state index contributed by atoms with van der Waals surface area (Å²) in [4.78, 5) is 45.2. The fourth-order valence-corrected chi connectivity index (χ4v) is 2.67. The average Bonchev–Trinajstić information content (AvgIpc) is 2.53. The summed E-state index contributed by atoms with van der Waals surface area (Å²) in [6, 6.07) is 4.72. The summed E-state index contributed by atoms with van der Waals surface area (Å²) in [5.41, 5.74) is 9.19. The minimum absolute atomic E-state index is 0.0580. The van der Waals surface area contributed by atoms with Gasteiger partial charge in [0, 0.05) is 17.2 Å². The molecule has 0 aliphatic heterocycles. The van der Waals surface area contributed by atoms with E-state index in [1.54, 1.807) is 0 Å². The van der Waals surface area contributed by atoms with Gasteiger partial charge in [0.2, 0.25) is 0 Å². The molecule has 26 heavy (non-hydrogen) atoms. The first-order valence-electron chi connectivity index (χ1n) is 7.23. The predicted octanol–water partition coefficient (Wildman–Crippen LogP) is 2.74. The molecule has 0 atom stereocenters. The topological polar surface area (TPSA) is 172 Å². The third kappa shape index (κ3) is 3.07. The second kappa shape index (κ2) is 6.59. The zero-order valence-electron chi connectivity index (χ0n) is 13.8. The number of nitro groups is 2. The Morgan fingerprint density at radius 3 is 2.00 bits per heavy atom. The summed E-state index contributed by atoms with van der Waals surface area (Å²) < 4.78 is 0. The van der Waals surface area contributed by atoms with Gasteiger partial charge < -0.3 is 11.5 Å². The van der Waals surface area contributed by atoms with Gasteiger partial charge in [-0.25, -0.2) is 0 Å². The number of carbonyl (C=O) groups excluding carboxylic acids is 2. The second-order valence-electron chi connectivity index (χ2n) is 5.51. The fourth-order valence-electron chi connectivity index (χ4n) is 2.67. The molecule has 0 aliphatic carbocycles. The van der Waals surface area contributed by atoms with Gasteiger partial charge in [-0.2, -0.15) is 0 Å². The van der Waals surface area contributed by atoms with E-state index in [1.807, 2.05) is 0 Å². The Morgan fingerprint density at radius 1 is 0.923 bits per heavy atom. The Labute approximate surface area is 146 Å². The van der Waals surface area contributed by atoms with E-state index in [0.29, 0.717) is 0 Å². The third-order valence-electron chi connectivity index (χ3n) is 3.76. The van der Waals surface area contributed by atoms with Gasteiger partial charge in [0.05, 0.1) is 9.85 Å². The van der Waals surface area contributed by atoms with Crippen molar-refractivity contribution in [3.8, 4) is 11.1 Å². The van der Waals surface area contributed by atoms with E-state index in [1.165, 1.54) is 19.1 Å². The first-order valence-corrected chi connectivity index (χ1v) is 7.23. The van der Waals surface area contributed by atoms with Gasteiger partial charge in [0.15, 0.2) is 11.6 Å². The Balaban J connectivity index is 3.04. The van der Waals surface area contributed by atoms with Crippen molar-refractivity contribution in [2.24, 2.45) is 0 Å². The van der Waals surface area contributed by atoms with Crippen LogP contribution in [0.3, 0.4) is 0 Å². The lowest BCUT2D eigenvalue weighted by Gasteiger charge is -2.14. The maximum absolute atomic E-state index is 12.1. The smallest absolute Gasteiger partial charge is 0.303 e. The van der Waals surface area contributed by atoms with E-state index < -0.39 is 32.8 Å². The summed E-state index contributed by atoms with van der Waals surface area (Å²) in [7, 11) is 0. The molecule has 2 rings (SSSR count). The number of nitrogens with two attached hydrogens (primary N) is 2. The van der Waals surface area contributed by atoms with Crippen LogP contribution in [0.1, 0.15) is 34.6 Å². The number of hydrogen-bond donors (Lipinski definition) is 2. The van der Waals surface area contributed by atoms with Crippen molar-refractivity contribution in [1.29, 1.82) is 0 Å². The van der Waals surface area contributed by atoms with Crippen molar-refractivity contribution in [3.05, 3.63) is 55.6 Å². The molecule has 0 spiro atoms. The van der Waals surface area contributed by atoms with Gasteiger partial charge in [-0.3, -0.25) is 29.8 Å². The van der Waals surface area contributed by atoms with Gasteiger partial charge in [-0.1, -0.05) is 6.07 Å². The summed E-state index contributed by atoms with van der Waals surface area (Å²) in [6.45, 7) is 2.28. The zero-order chi connectivity index (χ0) is 19.8. The van der Waals surface area contributed by atoms with Crippen LogP contribution >= 0.6 is 0 Å². The van der Waals surface area contributed by atoms with Gasteiger partial charge in [-0.05, 0) is 31.5 Å². The molecule has 10 heteroatoms. The zero-order valence-corrected chi connectivity index (χ0v) is 13.8. The normalized spacial score (nSPS) is 10.4. The average molecular weight is 358 g/mol. The summed E-state index contributed by atoms with van der Waals surface area (Å²) in [6.07, 6.45) is 0. The molecule has 0 heterocycles. The van der Waals surface area contributed by atoms with Crippen LogP contribution in [0.5, 0.6) is 0 Å². The van der Waals surface area contributed by atoms with Crippen LogP contribution in [0.4, 0.5) is 22.7 Å². The largest absolute Gasteiger partial charge is 0.393 e. The highest BCUT2D eigenvalue weighted by molar-refractivity contribution is 6.13. The second-order valence-corrected chi connectivity index (χ2v) is 5.51. The Hall–Kier alpha value is -3.82. The van der Waals surface area contributed by atoms with Crippen LogP contribution in [0.25, 0.3) is 11.1 Å². The van der Waals surface area contributed by atoms with E-state index >= 15 is 0 Å². The highest BCUT2D eigenvalue weighted by Gasteiger charge is 2.30. The minimum atomic E-state index is -0.828. The van der Waals surface area contributed by atoms with Gasteiger partial charge in [0.25, 0.3) is 5.69 Å². The monoisotopic (exact) mass is 358 g/mol. The molecule has 2 aromatic rings. The van der Waals surface area contributed by atoms with E-state index in [9.17, 15) is 29.8 Å². The number of benzene rings is 2. The quantitative estimate of drug-likeness (QED) is 0.355. The van der Waals surface area contributed by atoms with Crippen molar-refractivity contribution in [3.63, 3.8) is 0 Å². The lowest BCUT2D eigenvalue weighted by Crippen LogP contribution is -2.11. The molecule has 0 radical (unpaired) electrons. The number of hydrogen-bond acceptors (Lipinski definition) is 8. The maximum Gasteiger partial charge on any atom is 0.303 e. The molecular formula is C16H14N4O6. The molecular weight excluding hydrogens is 344 g/mol. The van der Waals surface area contributed by atoms with Crippen molar-refractivity contribution in [1.82, 2.24) is 0 Å². The standard InChI is InChI=1S/C16H14N4O6/c1-7(21)10-6-12(18)16(20(25)26)14(8(2)22)15(10)9-3-4-11(17)13(5-9)19(23)24/h3-6H,17-18H2,1-2H3. The van der Waals surface area contributed by atoms with Crippen LogP contribution < -0.4 is 11.5 Å². The Morgan fingerprint density at radius 2 is 1.54 bits per heavy atom. The van der Waals surface area contributed by atoms with Crippen LogP contribution in [0.15, 0.2) is 24.3 Å². The van der Waals surface area contributed by atoms with Crippen molar-refractivity contribution < 1.29 is 19.4 Å². The number of ketones is 2. The lowest BCUT2D eigenvalue weighted by molar-refractivity contribution is -0.384. The molecule has 4 N–H and O–H groups in total. The lowest BCUT2D eigenvalue weighted by atomic mass is 9.88. The summed E-state index contributed by atoms with van der Waals surface area (Å²) in [5, 5.41) is 22.5. The first-order chi connectivity index (χ1) is 12.1. The Kier molecular flexibility index (Phi) is 4.69. The SMILES string of the molecule is CC(=O)c1cc(N)c([N+](=O)[O-])c(C(C)=O)c1-c1ccc(N)c([N+](=O)[O-])c1. The summed E-state index contributed by atoms with van der Waals surface area (Å²) >= 11 is 0. The minimum Gasteiger partial charge on any atom is -0.393 e. The van der Waals surface area contributed by atoms with Gasteiger partial charge >= 0.3 is 5.69 Å². The Bertz CT molecular complexity index is 983. The predicted molar refractivity (Wildman–Crippen MR) is 94.0 cm³/mol. The fraction of sp³-hybridized carbons (Fsp3) is 0.125. The number of carbonyl (C=O) groups is 2. The summed E-state index contributed by atoms with van der Waals surface area (Å²) in [5.74, 6) is -1.22. The van der Waals surface area contributed by atoms with Crippen molar-refractivity contribution >= 4 is 34.3 Å². The first kappa shape index (κ1) is 18.5. The van der Waals surface area contributed by atoms with E-state index in [2.05, 4.69) is 0 Å². The van der Waals surface area contributed by atoms with Gasteiger partial charge in [-0.15, -0.1) is 0 Å². The van der Waals surface area contributed by atoms with E-state index in [0.717, 1.165) is 19.1 Å². The van der Waals surface area contributed by atoms with Crippen LogP contribution in [-0.4, -0.2) is 21.4 Å². The number of anilines is 2. The molecule has 0 aliphatic rings. The molecule has 134 valence electrons. The molecule has 0 bridgehead atoms. The molecule has 0 amide bonds. The number of nitrogen functional groups attached to an aromatic ring is 2.